The van der Waals surface area contributed by atoms with Gasteiger partial charge in [-0.1, -0.05) is 33.1 Å². The number of hydrogen-bond acceptors (Lipinski definition) is 1. The largest absolute Gasteiger partial charge is 0.328 e. The van der Waals surface area contributed by atoms with Crippen molar-refractivity contribution in [2.75, 3.05) is 41.3 Å². The second-order valence-corrected chi connectivity index (χ2v) is 7.32. The highest BCUT2D eigenvalue weighted by Gasteiger charge is 2.14. The van der Waals surface area contributed by atoms with Crippen molar-refractivity contribution < 1.29 is 4.48 Å². The fourth-order valence-corrected chi connectivity index (χ4v) is 3.00. The fourth-order valence-electron chi connectivity index (χ4n) is 3.00. The highest BCUT2D eigenvalue weighted by atomic mass is 15.3. The van der Waals surface area contributed by atoms with Gasteiger partial charge in [0.05, 0.1) is 27.2 Å². The topological polar surface area (TPSA) is 3.24 Å². The second kappa shape index (κ2) is 11.6. The first-order valence-electron chi connectivity index (χ1n) is 8.91. The molecule has 0 rings (SSSR count). The molecule has 2 heteroatoms. The Labute approximate surface area is 129 Å². The Morgan fingerprint density at radius 2 is 1.35 bits per heavy atom. The van der Waals surface area contributed by atoms with Gasteiger partial charge in [-0.3, -0.25) is 0 Å². The van der Waals surface area contributed by atoms with Gasteiger partial charge in [-0.15, -0.1) is 0 Å². The van der Waals surface area contributed by atoms with Crippen molar-refractivity contribution in [3.8, 4) is 0 Å². The normalized spacial score (nSPS) is 13.9. The summed E-state index contributed by atoms with van der Waals surface area (Å²) in [4.78, 5) is 2.38. The fraction of sp³-hybridized carbons (Fsp3) is 1.00. The Hall–Kier alpha value is -0.0800. The van der Waals surface area contributed by atoms with Crippen molar-refractivity contribution in [1.82, 2.24) is 4.90 Å². The van der Waals surface area contributed by atoms with Crippen molar-refractivity contribution >= 4 is 0 Å². The average molecular weight is 286 g/mol. The van der Waals surface area contributed by atoms with Crippen molar-refractivity contribution in [1.29, 1.82) is 0 Å². The molecule has 0 radical (unpaired) electrons. The first-order valence-corrected chi connectivity index (χ1v) is 8.91. The molecule has 2 nitrogen and oxygen atoms in total. The number of rotatable bonds is 13. The lowest BCUT2D eigenvalue weighted by Gasteiger charge is -2.30. The lowest BCUT2D eigenvalue weighted by atomic mass is 10.0. The standard InChI is InChI=1S/C18H41N2/c1-7-9-10-13-16-20(5,6)17-14-11-12-15-18(8-2)19(3)4/h18H,7-17H2,1-6H3/q+1. The lowest BCUT2D eigenvalue weighted by Crippen LogP contribution is -2.41. The maximum atomic E-state index is 2.40. The van der Waals surface area contributed by atoms with Gasteiger partial charge in [-0.2, -0.15) is 0 Å². The van der Waals surface area contributed by atoms with Gasteiger partial charge < -0.3 is 9.38 Å². The first-order chi connectivity index (χ1) is 9.43. The van der Waals surface area contributed by atoms with Gasteiger partial charge in [0.2, 0.25) is 0 Å². The van der Waals surface area contributed by atoms with Crippen LogP contribution in [-0.2, 0) is 0 Å². The Bertz CT molecular complexity index is 211. The van der Waals surface area contributed by atoms with E-state index in [2.05, 4.69) is 46.9 Å². The van der Waals surface area contributed by atoms with Crippen LogP contribution in [0.5, 0.6) is 0 Å². The Balaban J connectivity index is 3.61. The monoisotopic (exact) mass is 285 g/mol. The van der Waals surface area contributed by atoms with Gasteiger partial charge in [0.1, 0.15) is 0 Å². The molecule has 0 heterocycles. The zero-order valence-electron chi connectivity index (χ0n) is 15.2. The van der Waals surface area contributed by atoms with E-state index in [-0.39, 0.29) is 0 Å². The average Bonchev–Trinajstić information content (AvgIpc) is 2.38. The van der Waals surface area contributed by atoms with Crippen molar-refractivity contribution in [3.63, 3.8) is 0 Å². The van der Waals surface area contributed by atoms with Gasteiger partial charge in [0.15, 0.2) is 0 Å². The molecule has 0 N–H and O–H groups in total. The van der Waals surface area contributed by atoms with Crippen LogP contribution in [0.1, 0.15) is 71.6 Å². The zero-order chi connectivity index (χ0) is 15.4. The molecule has 0 saturated carbocycles. The highest BCUT2D eigenvalue weighted by Crippen LogP contribution is 2.12. The van der Waals surface area contributed by atoms with E-state index < -0.39 is 0 Å². The quantitative estimate of drug-likeness (QED) is 0.354. The van der Waals surface area contributed by atoms with Crippen molar-refractivity contribution in [3.05, 3.63) is 0 Å². The molecule has 0 aliphatic rings. The smallest absolute Gasteiger partial charge is 0.0782 e. The molecule has 0 saturated heterocycles. The van der Waals surface area contributed by atoms with E-state index >= 15 is 0 Å². The van der Waals surface area contributed by atoms with Crippen LogP contribution in [0.4, 0.5) is 0 Å². The molecule has 0 spiro atoms. The molecule has 1 unspecified atom stereocenters. The third kappa shape index (κ3) is 10.7. The van der Waals surface area contributed by atoms with Crippen LogP contribution in [0.3, 0.4) is 0 Å². The van der Waals surface area contributed by atoms with Gasteiger partial charge in [0.25, 0.3) is 0 Å². The summed E-state index contributed by atoms with van der Waals surface area (Å²) >= 11 is 0. The Morgan fingerprint density at radius 3 is 1.80 bits per heavy atom. The maximum Gasteiger partial charge on any atom is 0.0782 e. The molecule has 0 aromatic heterocycles. The summed E-state index contributed by atoms with van der Waals surface area (Å²) in [5.41, 5.74) is 0. The SMILES string of the molecule is CCCCCC[N+](C)(C)CCCCCC(CC)N(C)C. The number of unbranched alkanes of at least 4 members (excludes halogenated alkanes) is 5. The molecule has 0 aromatic rings. The van der Waals surface area contributed by atoms with E-state index in [1.54, 1.807) is 0 Å². The second-order valence-electron chi connectivity index (χ2n) is 7.32. The first kappa shape index (κ1) is 19.9. The molecule has 1 atom stereocenters. The Kier molecular flexibility index (Phi) is 11.5. The van der Waals surface area contributed by atoms with Crippen LogP contribution >= 0.6 is 0 Å². The van der Waals surface area contributed by atoms with E-state index in [9.17, 15) is 0 Å². The Morgan fingerprint density at radius 1 is 0.800 bits per heavy atom. The molecule has 0 aliphatic carbocycles. The van der Waals surface area contributed by atoms with Crippen molar-refractivity contribution in [2.24, 2.45) is 0 Å². The van der Waals surface area contributed by atoms with Crippen LogP contribution in [0, 0.1) is 0 Å². The molecule has 122 valence electrons. The summed E-state index contributed by atoms with van der Waals surface area (Å²) in [5.74, 6) is 0. The molecule has 0 bridgehead atoms. The molecular formula is C18H41N2+. The number of quaternary nitrogens is 1. The van der Waals surface area contributed by atoms with Crippen LogP contribution in [0.2, 0.25) is 0 Å². The van der Waals surface area contributed by atoms with E-state index in [0.29, 0.717) is 0 Å². The molecule has 0 aromatic carbocycles. The summed E-state index contributed by atoms with van der Waals surface area (Å²) in [6, 6.07) is 0.784. The third-order valence-corrected chi connectivity index (χ3v) is 4.62. The van der Waals surface area contributed by atoms with Crippen LogP contribution in [0.15, 0.2) is 0 Å². The highest BCUT2D eigenvalue weighted by molar-refractivity contribution is 4.63. The minimum absolute atomic E-state index is 0.784. The third-order valence-electron chi connectivity index (χ3n) is 4.62. The minimum Gasteiger partial charge on any atom is -0.328 e. The maximum absolute atomic E-state index is 2.40. The van der Waals surface area contributed by atoms with Gasteiger partial charge in [0, 0.05) is 6.04 Å². The summed E-state index contributed by atoms with van der Waals surface area (Å²) in [6.45, 7) is 7.30. The lowest BCUT2D eigenvalue weighted by molar-refractivity contribution is -0.890. The summed E-state index contributed by atoms with van der Waals surface area (Å²) in [6.07, 6.45) is 12.4. The van der Waals surface area contributed by atoms with E-state index in [4.69, 9.17) is 0 Å². The zero-order valence-corrected chi connectivity index (χ0v) is 15.2. The number of hydrogen-bond donors (Lipinski definition) is 0. The molecule has 20 heavy (non-hydrogen) atoms. The summed E-state index contributed by atoms with van der Waals surface area (Å²) in [5, 5.41) is 0. The predicted octanol–water partition coefficient (Wildman–Crippen LogP) is 4.54. The van der Waals surface area contributed by atoms with E-state index in [0.717, 1.165) is 6.04 Å². The van der Waals surface area contributed by atoms with Crippen LogP contribution in [0.25, 0.3) is 0 Å². The van der Waals surface area contributed by atoms with Crippen LogP contribution in [-0.4, -0.2) is 56.7 Å². The van der Waals surface area contributed by atoms with Gasteiger partial charge in [-0.25, -0.2) is 0 Å². The van der Waals surface area contributed by atoms with E-state index in [1.807, 2.05) is 0 Å². The molecular weight excluding hydrogens is 244 g/mol. The number of nitrogens with zero attached hydrogens (tertiary/aromatic N) is 2. The summed E-state index contributed by atoms with van der Waals surface area (Å²) < 4.78 is 1.22. The van der Waals surface area contributed by atoms with Gasteiger partial charge >= 0.3 is 0 Å². The minimum atomic E-state index is 0.784. The van der Waals surface area contributed by atoms with Crippen LogP contribution < -0.4 is 0 Å². The summed E-state index contributed by atoms with van der Waals surface area (Å²) in [7, 11) is 9.23. The molecule has 0 amide bonds. The predicted molar refractivity (Wildman–Crippen MR) is 92.2 cm³/mol. The molecule has 0 fully saturated rings. The van der Waals surface area contributed by atoms with Crippen molar-refractivity contribution in [2.45, 2.75) is 77.7 Å². The molecule has 0 aliphatic heterocycles. The van der Waals surface area contributed by atoms with Gasteiger partial charge in [-0.05, 0) is 52.6 Å². The van der Waals surface area contributed by atoms with E-state index in [1.165, 1.54) is 75.4 Å².